The Bertz CT molecular complexity index is 416. The van der Waals surface area contributed by atoms with E-state index in [1.165, 1.54) is 0 Å². The third-order valence-corrected chi connectivity index (χ3v) is 2.71. The number of hydrogen-bond donors (Lipinski definition) is 0. The zero-order valence-corrected chi connectivity index (χ0v) is 9.76. The SMILES string of the molecule is CN(C)c1cc(Cl)c(C=O)c(Cl)c1C=O. The summed E-state index contributed by atoms with van der Waals surface area (Å²) in [7, 11) is 3.52. The lowest BCUT2D eigenvalue weighted by molar-refractivity contribution is 0.112. The lowest BCUT2D eigenvalue weighted by Crippen LogP contribution is -2.12. The molecule has 0 aliphatic rings. The number of benzene rings is 1. The zero-order chi connectivity index (χ0) is 11.6. The van der Waals surface area contributed by atoms with Crippen LogP contribution in [0.15, 0.2) is 6.07 Å². The van der Waals surface area contributed by atoms with E-state index in [1.54, 1.807) is 25.1 Å². The Morgan fingerprint density at radius 2 is 1.67 bits per heavy atom. The Hall–Kier alpha value is -1.06. The quantitative estimate of drug-likeness (QED) is 0.769. The van der Waals surface area contributed by atoms with Gasteiger partial charge in [-0.15, -0.1) is 0 Å². The van der Waals surface area contributed by atoms with Crippen molar-refractivity contribution in [1.82, 2.24) is 0 Å². The number of nitrogens with zero attached hydrogens (tertiary/aromatic N) is 1. The van der Waals surface area contributed by atoms with Gasteiger partial charge in [0, 0.05) is 19.8 Å². The van der Waals surface area contributed by atoms with Crippen molar-refractivity contribution in [3.63, 3.8) is 0 Å². The number of rotatable bonds is 3. The third-order valence-electron chi connectivity index (χ3n) is 1.99. The van der Waals surface area contributed by atoms with Gasteiger partial charge in [-0.2, -0.15) is 0 Å². The molecule has 5 heteroatoms. The fraction of sp³-hybridized carbons (Fsp3) is 0.200. The van der Waals surface area contributed by atoms with E-state index in [9.17, 15) is 9.59 Å². The van der Waals surface area contributed by atoms with Crippen molar-refractivity contribution >= 4 is 41.5 Å². The lowest BCUT2D eigenvalue weighted by atomic mass is 10.1. The van der Waals surface area contributed by atoms with Crippen LogP contribution in [-0.4, -0.2) is 26.7 Å². The Morgan fingerprint density at radius 3 is 2.07 bits per heavy atom. The molecule has 1 rings (SSSR count). The van der Waals surface area contributed by atoms with Gasteiger partial charge in [0.2, 0.25) is 0 Å². The molecule has 1 aromatic carbocycles. The molecule has 0 aliphatic carbocycles. The van der Waals surface area contributed by atoms with Gasteiger partial charge in [-0.25, -0.2) is 0 Å². The van der Waals surface area contributed by atoms with Gasteiger partial charge in [0.25, 0.3) is 0 Å². The van der Waals surface area contributed by atoms with Gasteiger partial charge < -0.3 is 4.90 Å². The van der Waals surface area contributed by atoms with E-state index in [2.05, 4.69) is 0 Å². The minimum atomic E-state index is 0.0937. The van der Waals surface area contributed by atoms with Crippen LogP contribution in [0.4, 0.5) is 5.69 Å². The number of aldehydes is 2. The van der Waals surface area contributed by atoms with Gasteiger partial charge >= 0.3 is 0 Å². The van der Waals surface area contributed by atoms with Gasteiger partial charge in [-0.1, -0.05) is 23.2 Å². The molecule has 0 amide bonds. The smallest absolute Gasteiger partial charge is 0.153 e. The third kappa shape index (κ3) is 2.13. The highest BCUT2D eigenvalue weighted by molar-refractivity contribution is 6.40. The number of carbonyl (C=O) groups is 2. The van der Waals surface area contributed by atoms with Crippen LogP contribution in [-0.2, 0) is 0 Å². The minimum Gasteiger partial charge on any atom is -0.377 e. The maximum Gasteiger partial charge on any atom is 0.153 e. The van der Waals surface area contributed by atoms with E-state index in [4.69, 9.17) is 23.2 Å². The second-order valence-electron chi connectivity index (χ2n) is 3.15. The van der Waals surface area contributed by atoms with Crippen LogP contribution in [0.5, 0.6) is 0 Å². The average Bonchev–Trinajstić information content (AvgIpc) is 2.17. The highest BCUT2D eigenvalue weighted by atomic mass is 35.5. The van der Waals surface area contributed by atoms with Crippen molar-refractivity contribution in [3.05, 3.63) is 27.2 Å². The van der Waals surface area contributed by atoms with E-state index in [1.807, 2.05) is 0 Å². The van der Waals surface area contributed by atoms with Crippen molar-refractivity contribution in [3.8, 4) is 0 Å². The second kappa shape index (κ2) is 4.64. The van der Waals surface area contributed by atoms with Crippen molar-refractivity contribution in [1.29, 1.82) is 0 Å². The van der Waals surface area contributed by atoms with Gasteiger partial charge in [0.05, 0.1) is 21.2 Å². The Balaban J connectivity index is 3.58. The summed E-state index contributed by atoms with van der Waals surface area (Å²) in [5, 5.41) is 0.334. The zero-order valence-electron chi connectivity index (χ0n) is 8.25. The molecule has 0 saturated heterocycles. The summed E-state index contributed by atoms with van der Waals surface area (Å²) in [6.45, 7) is 0. The highest BCUT2D eigenvalue weighted by Crippen LogP contribution is 2.33. The van der Waals surface area contributed by atoms with Crippen molar-refractivity contribution in [2.24, 2.45) is 0 Å². The summed E-state index contributed by atoms with van der Waals surface area (Å²) < 4.78 is 0. The first-order valence-electron chi connectivity index (χ1n) is 4.12. The van der Waals surface area contributed by atoms with Gasteiger partial charge in [0.15, 0.2) is 12.6 Å². The second-order valence-corrected chi connectivity index (χ2v) is 3.93. The molecule has 0 fully saturated rings. The molecule has 0 aromatic heterocycles. The van der Waals surface area contributed by atoms with Crippen LogP contribution < -0.4 is 4.90 Å². The predicted molar refractivity (Wildman–Crippen MR) is 61.6 cm³/mol. The average molecular weight is 246 g/mol. The van der Waals surface area contributed by atoms with E-state index < -0.39 is 0 Å². The van der Waals surface area contributed by atoms with E-state index in [0.29, 0.717) is 18.3 Å². The molecule has 0 spiro atoms. The van der Waals surface area contributed by atoms with Gasteiger partial charge in [0.1, 0.15) is 0 Å². The number of hydrogen-bond acceptors (Lipinski definition) is 3. The van der Waals surface area contributed by atoms with E-state index >= 15 is 0 Å². The van der Waals surface area contributed by atoms with Crippen LogP contribution in [0.1, 0.15) is 20.7 Å². The molecule has 0 radical (unpaired) electrons. The van der Waals surface area contributed by atoms with Crippen LogP contribution in [0.2, 0.25) is 10.0 Å². The van der Waals surface area contributed by atoms with Crippen LogP contribution in [0.3, 0.4) is 0 Å². The summed E-state index contributed by atoms with van der Waals surface area (Å²) in [6.07, 6.45) is 1.15. The molecule has 0 unspecified atom stereocenters. The molecule has 0 N–H and O–H groups in total. The van der Waals surface area contributed by atoms with Crippen LogP contribution in [0, 0.1) is 0 Å². The number of carbonyl (C=O) groups excluding carboxylic acids is 2. The van der Waals surface area contributed by atoms with Crippen LogP contribution >= 0.6 is 23.2 Å². The molecule has 0 bridgehead atoms. The van der Waals surface area contributed by atoms with E-state index in [0.717, 1.165) is 0 Å². The summed E-state index contributed by atoms with van der Waals surface area (Å²) in [5.41, 5.74) is 1.00. The Kier molecular flexibility index (Phi) is 3.72. The van der Waals surface area contributed by atoms with Crippen molar-refractivity contribution in [2.45, 2.75) is 0 Å². The predicted octanol–water partition coefficient (Wildman–Crippen LogP) is 2.68. The molecular weight excluding hydrogens is 237 g/mol. The Morgan fingerprint density at radius 1 is 1.13 bits per heavy atom. The molecule has 1 aromatic rings. The first kappa shape index (κ1) is 12.0. The topological polar surface area (TPSA) is 37.4 Å². The number of anilines is 1. The molecule has 80 valence electrons. The maximum atomic E-state index is 10.9. The standard InChI is InChI=1S/C10H9Cl2NO2/c1-13(2)9-3-8(11)6(4-14)10(12)7(9)5-15/h3-5H,1-2H3. The summed E-state index contributed by atoms with van der Waals surface area (Å²) in [5.74, 6) is 0. The minimum absolute atomic E-state index is 0.0937. The summed E-state index contributed by atoms with van der Waals surface area (Å²) in [6, 6.07) is 1.54. The molecule has 0 heterocycles. The molecule has 15 heavy (non-hydrogen) atoms. The lowest BCUT2D eigenvalue weighted by Gasteiger charge is -2.17. The molecule has 0 atom stereocenters. The molecule has 0 saturated carbocycles. The molecular formula is C10H9Cl2NO2. The largest absolute Gasteiger partial charge is 0.377 e. The summed E-state index contributed by atoms with van der Waals surface area (Å²) in [4.78, 5) is 23.3. The first-order valence-corrected chi connectivity index (χ1v) is 4.88. The summed E-state index contributed by atoms with van der Waals surface area (Å²) >= 11 is 11.7. The number of halogens is 2. The van der Waals surface area contributed by atoms with Gasteiger partial charge in [-0.05, 0) is 6.07 Å². The monoisotopic (exact) mass is 245 g/mol. The first-order chi connectivity index (χ1) is 7.02. The fourth-order valence-electron chi connectivity index (χ4n) is 1.23. The van der Waals surface area contributed by atoms with Crippen LogP contribution in [0.25, 0.3) is 0 Å². The fourth-order valence-corrected chi connectivity index (χ4v) is 1.81. The van der Waals surface area contributed by atoms with E-state index in [-0.39, 0.29) is 21.2 Å². The van der Waals surface area contributed by atoms with Gasteiger partial charge in [-0.3, -0.25) is 9.59 Å². The van der Waals surface area contributed by atoms with Crippen molar-refractivity contribution < 1.29 is 9.59 Å². The normalized spacial score (nSPS) is 9.87. The van der Waals surface area contributed by atoms with Crippen molar-refractivity contribution in [2.75, 3.05) is 19.0 Å². The Labute approximate surface area is 97.6 Å². The maximum absolute atomic E-state index is 10.9. The highest BCUT2D eigenvalue weighted by Gasteiger charge is 2.15. The molecule has 3 nitrogen and oxygen atoms in total. The molecule has 0 aliphatic heterocycles.